The monoisotopic (exact) mass is 272 g/mol. The van der Waals surface area contributed by atoms with E-state index in [0.29, 0.717) is 24.3 Å². The Labute approximate surface area is 111 Å². The summed E-state index contributed by atoms with van der Waals surface area (Å²) < 4.78 is 0. The molecule has 1 aliphatic rings. The van der Waals surface area contributed by atoms with Crippen LogP contribution in [-0.4, -0.2) is 16.9 Å². The van der Waals surface area contributed by atoms with E-state index in [1.807, 2.05) is 5.38 Å². The topological polar surface area (TPSA) is 42.0 Å². The van der Waals surface area contributed by atoms with Gasteiger partial charge in [-0.15, -0.1) is 22.9 Å². The lowest BCUT2D eigenvalue weighted by molar-refractivity contribution is -0.120. The van der Waals surface area contributed by atoms with Crippen LogP contribution in [0.4, 0.5) is 0 Å². The number of hydrogen-bond acceptors (Lipinski definition) is 3. The van der Waals surface area contributed by atoms with E-state index in [2.05, 4.69) is 17.2 Å². The molecule has 2 unspecified atom stereocenters. The lowest BCUT2D eigenvalue weighted by Gasteiger charge is -2.02. The lowest BCUT2D eigenvalue weighted by atomic mass is 10.2. The van der Waals surface area contributed by atoms with Gasteiger partial charge < -0.3 is 5.32 Å². The van der Waals surface area contributed by atoms with Gasteiger partial charge in [-0.2, -0.15) is 0 Å². The average Bonchev–Trinajstić information content (AvgIpc) is 2.86. The number of nitrogens with zero attached hydrogens (tertiary/aromatic N) is 1. The highest BCUT2D eigenvalue weighted by Gasteiger charge is 2.37. The summed E-state index contributed by atoms with van der Waals surface area (Å²) in [7, 11) is 0. The number of thiazole rings is 1. The molecule has 0 aliphatic heterocycles. The molecule has 1 N–H and O–H groups in total. The Bertz CT molecular complexity index is 394. The minimum absolute atomic E-state index is 0.0871. The second kappa shape index (κ2) is 5.83. The molecule has 1 aliphatic carbocycles. The molecule has 2 atom stereocenters. The van der Waals surface area contributed by atoms with Crippen molar-refractivity contribution >= 4 is 28.8 Å². The van der Waals surface area contributed by atoms with Crippen LogP contribution in [0.25, 0.3) is 0 Å². The highest BCUT2D eigenvalue weighted by atomic mass is 35.5. The molecule has 0 saturated heterocycles. The van der Waals surface area contributed by atoms with E-state index >= 15 is 0 Å². The second-order valence-corrected chi connectivity index (χ2v) is 5.71. The Morgan fingerprint density at radius 2 is 2.53 bits per heavy atom. The van der Waals surface area contributed by atoms with Gasteiger partial charge in [0, 0.05) is 11.4 Å². The summed E-state index contributed by atoms with van der Waals surface area (Å²) in [5.41, 5.74) is 0.856. The van der Waals surface area contributed by atoms with Gasteiger partial charge >= 0.3 is 0 Å². The van der Waals surface area contributed by atoms with E-state index in [9.17, 15) is 4.79 Å². The van der Waals surface area contributed by atoms with Crippen LogP contribution in [0.1, 0.15) is 36.9 Å². The summed E-state index contributed by atoms with van der Waals surface area (Å²) in [5.74, 6) is 1.21. The number of alkyl halides is 1. The number of aromatic nitrogens is 1. The van der Waals surface area contributed by atoms with E-state index in [-0.39, 0.29) is 5.91 Å². The third-order valence-electron chi connectivity index (χ3n) is 2.98. The Hall–Kier alpha value is -0.610. The normalized spacial score (nSPS) is 22.5. The van der Waals surface area contributed by atoms with Gasteiger partial charge in [0.1, 0.15) is 5.01 Å². The number of nitrogens with one attached hydrogen (secondary N) is 1. The second-order valence-electron chi connectivity index (χ2n) is 4.50. The summed E-state index contributed by atoms with van der Waals surface area (Å²) in [6.45, 7) is 2.18. The third kappa shape index (κ3) is 3.68. The highest BCUT2D eigenvalue weighted by molar-refractivity contribution is 7.09. The molecule has 1 heterocycles. The van der Waals surface area contributed by atoms with E-state index in [1.165, 1.54) is 24.2 Å². The molecule has 1 fully saturated rings. The summed E-state index contributed by atoms with van der Waals surface area (Å²) in [6, 6.07) is 0.412. The Morgan fingerprint density at radius 1 is 1.71 bits per heavy atom. The fraction of sp³-hybridized carbons (Fsp3) is 0.667. The van der Waals surface area contributed by atoms with Crippen LogP contribution in [0.3, 0.4) is 0 Å². The van der Waals surface area contributed by atoms with Gasteiger partial charge in [-0.1, -0.05) is 13.3 Å². The smallest absolute Gasteiger partial charge is 0.227 e. The zero-order chi connectivity index (χ0) is 12.3. The Kier molecular flexibility index (Phi) is 4.40. The molecule has 1 aromatic heterocycles. The Morgan fingerprint density at radius 3 is 3.18 bits per heavy atom. The van der Waals surface area contributed by atoms with Crippen molar-refractivity contribution in [2.24, 2.45) is 5.92 Å². The maximum Gasteiger partial charge on any atom is 0.227 e. The van der Waals surface area contributed by atoms with E-state index in [1.54, 1.807) is 0 Å². The van der Waals surface area contributed by atoms with Crippen molar-refractivity contribution in [2.45, 2.75) is 44.5 Å². The van der Waals surface area contributed by atoms with Crippen molar-refractivity contribution in [1.82, 2.24) is 10.3 Å². The first kappa shape index (κ1) is 12.8. The number of halogens is 1. The SMILES string of the molecule is CCCC1CC1NC(=O)Cc1nc(CCl)cs1. The third-order valence-corrected chi connectivity index (χ3v) is 4.15. The first-order valence-electron chi connectivity index (χ1n) is 6.01. The van der Waals surface area contributed by atoms with Crippen molar-refractivity contribution in [2.75, 3.05) is 0 Å². The largest absolute Gasteiger partial charge is 0.353 e. The number of carbonyl (C=O) groups is 1. The van der Waals surface area contributed by atoms with Crippen molar-refractivity contribution < 1.29 is 4.79 Å². The zero-order valence-corrected chi connectivity index (χ0v) is 11.5. The summed E-state index contributed by atoms with van der Waals surface area (Å²) in [6.07, 6.45) is 3.95. The summed E-state index contributed by atoms with van der Waals surface area (Å²) in [5, 5.41) is 5.82. The van der Waals surface area contributed by atoms with Gasteiger partial charge in [0.2, 0.25) is 5.91 Å². The number of amides is 1. The molecular weight excluding hydrogens is 256 g/mol. The molecule has 17 heavy (non-hydrogen) atoms. The molecule has 0 bridgehead atoms. The molecule has 5 heteroatoms. The average molecular weight is 273 g/mol. The fourth-order valence-corrected chi connectivity index (χ4v) is 3.02. The summed E-state index contributed by atoms with van der Waals surface area (Å²) >= 11 is 7.17. The van der Waals surface area contributed by atoms with E-state index in [0.717, 1.165) is 17.1 Å². The van der Waals surface area contributed by atoms with Crippen LogP contribution < -0.4 is 5.32 Å². The molecule has 1 aromatic rings. The first-order valence-corrected chi connectivity index (χ1v) is 7.43. The van der Waals surface area contributed by atoms with Crippen LogP contribution in [0, 0.1) is 5.92 Å². The molecule has 1 saturated carbocycles. The first-order chi connectivity index (χ1) is 8.22. The van der Waals surface area contributed by atoms with Gasteiger partial charge in [0.15, 0.2) is 0 Å². The highest BCUT2D eigenvalue weighted by Crippen LogP contribution is 2.34. The van der Waals surface area contributed by atoms with Gasteiger partial charge in [-0.25, -0.2) is 4.98 Å². The molecule has 0 aromatic carbocycles. The standard InChI is InChI=1S/C12H17ClN2OS/c1-2-3-8-4-10(8)15-11(16)5-12-14-9(6-13)7-17-12/h7-8,10H,2-6H2,1H3,(H,15,16). The quantitative estimate of drug-likeness (QED) is 0.809. The van der Waals surface area contributed by atoms with Crippen molar-refractivity contribution in [3.05, 3.63) is 16.1 Å². The lowest BCUT2D eigenvalue weighted by Crippen LogP contribution is -2.28. The van der Waals surface area contributed by atoms with Gasteiger partial charge in [0.05, 0.1) is 18.0 Å². The van der Waals surface area contributed by atoms with Crippen LogP contribution in [0.5, 0.6) is 0 Å². The molecule has 0 radical (unpaired) electrons. The van der Waals surface area contributed by atoms with Crippen molar-refractivity contribution in [1.29, 1.82) is 0 Å². The van der Waals surface area contributed by atoms with Crippen LogP contribution in [-0.2, 0) is 17.1 Å². The van der Waals surface area contributed by atoms with Crippen LogP contribution >= 0.6 is 22.9 Å². The zero-order valence-electron chi connectivity index (χ0n) is 9.91. The van der Waals surface area contributed by atoms with Crippen LogP contribution in [0.2, 0.25) is 0 Å². The van der Waals surface area contributed by atoms with Crippen molar-refractivity contribution in [3.8, 4) is 0 Å². The maximum absolute atomic E-state index is 11.7. The predicted molar refractivity (Wildman–Crippen MR) is 70.3 cm³/mol. The van der Waals surface area contributed by atoms with Crippen molar-refractivity contribution in [3.63, 3.8) is 0 Å². The molecule has 2 rings (SSSR count). The molecule has 3 nitrogen and oxygen atoms in total. The molecular formula is C12H17ClN2OS. The minimum atomic E-state index is 0.0871. The van der Waals surface area contributed by atoms with Crippen LogP contribution in [0.15, 0.2) is 5.38 Å². The maximum atomic E-state index is 11.7. The predicted octanol–water partition coefficient (Wildman–Crippen LogP) is 2.73. The van der Waals surface area contributed by atoms with Gasteiger partial charge in [-0.3, -0.25) is 4.79 Å². The molecule has 0 spiro atoms. The summed E-state index contributed by atoms with van der Waals surface area (Å²) in [4.78, 5) is 16.0. The fourth-order valence-electron chi connectivity index (χ4n) is 2.00. The minimum Gasteiger partial charge on any atom is -0.353 e. The number of hydrogen-bond donors (Lipinski definition) is 1. The van der Waals surface area contributed by atoms with E-state index < -0.39 is 0 Å². The van der Waals surface area contributed by atoms with Gasteiger partial charge in [0.25, 0.3) is 0 Å². The number of carbonyl (C=O) groups excluding carboxylic acids is 1. The van der Waals surface area contributed by atoms with E-state index in [4.69, 9.17) is 11.6 Å². The molecule has 1 amide bonds. The Balaban J connectivity index is 1.74. The number of rotatable bonds is 6. The van der Waals surface area contributed by atoms with Gasteiger partial charge in [-0.05, 0) is 18.8 Å². The molecule has 94 valence electrons.